The maximum absolute atomic E-state index is 12.1. The SMILES string of the molecule is CCNCOc1cc(OCCNC)c2c3c1[C@H](CNC)Nc1cc4c(c(c1-3)CC2)[C@@H](O)[C@H](c1cc(OC)c(O)c(OC)c1)CO4. The average Bonchev–Trinajstić information content (AvgIpc) is 3.04. The topological polar surface area (TPSA) is 135 Å². The van der Waals surface area contributed by atoms with Gasteiger partial charge in [0.15, 0.2) is 11.5 Å². The van der Waals surface area contributed by atoms with E-state index >= 15 is 0 Å². The summed E-state index contributed by atoms with van der Waals surface area (Å²) in [7, 11) is 6.85. The lowest BCUT2D eigenvalue weighted by Crippen LogP contribution is -2.32. The van der Waals surface area contributed by atoms with E-state index in [1.54, 1.807) is 12.1 Å². The first-order valence-electron chi connectivity index (χ1n) is 15.6. The second kappa shape index (κ2) is 13.2. The van der Waals surface area contributed by atoms with Crippen molar-refractivity contribution in [3.63, 3.8) is 0 Å². The summed E-state index contributed by atoms with van der Waals surface area (Å²) >= 11 is 0. The molecule has 0 radical (unpaired) electrons. The third kappa shape index (κ3) is 5.48. The normalized spacial score (nSPS) is 19.1. The van der Waals surface area contributed by atoms with Crippen molar-refractivity contribution < 1.29 is 33.9 Å². The van der Waals surface area contributed by atoms with Gasteiger partial charge in [0.1, 0.15) is 30.6 Å². The minimum absolute atomic E-state index is 0.0542. The summed E-state index contributed by atoms with van der Waals surface area (Å²) in [6, 6.07) is 7.49. The van der Waals surface area contributed by atoms with Crippen molar-refractivity contribution >= 4 is 5.69 Å². The van der Waals surface area contributed by atoms with Gasteiger partial charge in [-0.25, -0.2) is 0 Å². The van der Waals surface area contributed by atoms with E-state index in [1.807, 2.05) is 26.2 Å². The van der Waals surface area contributed by atoms with Gasteiger partial charge in [-0.3, -0.25) is 5.32 Å². The van der Waals surface area contributed by atoms with Crippen LogP contribution in [-0.4, -0.2) is 78.1 Å². The molecule has 6 N–H and O–H groups in total. The maximum Gasteiger partial charge on any atom is 0.200 e. The molecule has 0 fully saturated rings. The molecule has 3 aromatic carbocycles. The lowest BCUT2D eigenvalue weighted by molar-refractivity contribution is 0.0878. The Morgan fingerprint density at radius 1 is 0.911 bits per heavy atom. The molecule has 0 aromatic heterocycles. The summed E-state index contributed by atoms with van der Waals surface area (Å²) in [5.74, 6) is 2.36. The van der Waals surface area contributed by atoms with Crippen LogP contribution in [0.15, 0.2) is 24.3 Å². The lowest BCUT2D eigenvalue weighted by Gasteiger charge is -2.40. The van der Waals surface area contributed by atoms with Gasteiger partial charge in [0.25, 0.3) is 0 Å². The number of hydrogen-bond donors (Lipinski definition) is 6. The zero-order chi connectivity index (χ0) is 31.7. The summed E-state index contributed by atoms with van der Waals surface area (Å²) in [5.41, 5.74) is 8.00. The molecule has 11 nitrogen and oxygen atoms in total. The standard InChI is InChI=1S/C34H44N4O7/c1-6-37-17-45-26-14-24(43-10-9-35-2)19-7-8-20-29-22(38-23(15-36-3)32(26)31(19)29)13-25-30(20)33(39)21(16-44-25)18-11-27(41-4)34(40)28(12-18)42-5/h11-14,21,23,33,35-40H,6-10,15-17H2,1-5H3/t21-,23-,33-/m0/s1. The molecular weight excluding hydrogens is 576 g/mol. The molecule has 1 aliphatic carbocycles. The van der Waals surface area contributed by atoms with Crippen LogP contribution in [0.5, 0.6) is 34.5 Å². The highest BCUT2D eigenvalue weighted by Gasteiger charge is 2.41. The molecule has 3 aromatic rings. The van der Waals surface area contributed by atoms with E-state index in [2.05, 4.69) is 28.2 Å². The predicted molar refractivity (Wildman–Crippen MR) is 173 cm³/mol. The van der Waals surface area contributed by atoms with Gasteiger partial charge < -0.3 is 49.8 Å². The maximum atomic E-state index is 12.1. The number of anilines is 1. The summed E-state index contributed by atoms with van der Waals surface area (Å²) in [5, 5.41) is 36.1. The first-order chi connectivity index (χ1) is 21.9. The van der Waals surface area contributed by atoms with Gasteiger partial charge in [-0.1, -0.05) is 6.92 Å². The Kier molecular flexibility index (Phi) is 9.14. The highest BCUT2D eigenvalue weighted by atomic mass is 16.5. The van der Waals surface area contributed by atoms with Crippen molar-refractivity contribution in [3.05, 3.63) is 52.1 Å². The van der Waals surface area contributed by atoms with E-state index in [-0.39, 0.29) is 29.9 Å². The molecule has 2 heterocycles. The Labute approximate surface area is 264 Å². The van der Waals surface area contributed by atoms with Crippen LogP contribution >= 0.6 is 0 Å². The molecule has 0 unspecified atom stereocenters. The van der Waals surface area contributed by atoms with E-state index in [1.165, 1.54) is 14.2 Å². The Morgan fingerprint density at radius 3 is 2.36 bits per heavy atom. The van der Waals surface area contributed by atoms with Crippen molar-refractivity contribution in [2.45, 2.75) is 37.8 Å². The van der Waals surface area contributed by atoms with Crippen molar-refractivity contribution in [1.82, 2.24) is 16.0 Å². The van der Waals surface area contributed by atoms with E-state index in [4.69, 9.17) is 23.7 Å². The quantitative estimate of drug-likeness (QED) is 0.124. The number of aromatic hydroxyl groups is 1. The average molecular weight is 621 g/mol. The lowest BCUT2D eigenvalue weighted by atomic mass is 9.73. The largest absolute Gasteiger partial charge is 0.502 e. The Bertz CT molecular complexity index is 1540. The summed E-state index contributed by atoms with van der Waals surface area (Å²) < 4.78 is 30.0. The molecule has 2 aliphatic heterocycles. The number of aliphatic hydroxyl groups excluding tert-OH is 1. The monoisotopic (exact) mass is 620 g/mol. The van der Waals surface area contributed by atoms with E-state index < -0.39 is 12.0 Å². The first kappa shape index (κ1) is 31.1. The van der Waals surface area contributed by atoms with Crippen LogP contribution in [-0.2, 0) is 12.8 Å². The fraction of sp³-hybridized carbons (Fsp3) is 0.471. The van der Waals surface area contributed by atoms with Crippen LogP contribution in [0.3, 0.4) is 0 Å². The second-order valence-corrected chi connectivity index (χ2v) is 11.6. The van der Waals surface area contributed by atoms with Crippen LogP contribution in [0, 0.1) is 0 Å². The minimum atomic E-state index is -0.854. The Morgan fingerprint density at radius 2 is 1.67 bits per heavy atom. The van der Waals surface area contributed by atoms with Crippen LogP contribution in [0.4, 0.5) is 5.69 Å². The van der Waals surface area contributed by atoms with Gasteiger partial charge in [-0.2, -0.15) is 0 Å². The molecule has 0 amide bonds. The number of phenolic OH excluding ortho intramolecular Hbond substituents is 1. The van der Waals surface area contributed by atoms with Gasteiger partial charge in [-0.15, -0.1) is 0 Å². The molecular formula is C34H44N4O7. The van der Waals surface area contributed by atoms with Gasteiger partial charge in [0.05, 0.1) is 33.0 Å². The fourth-order valence-corrected chi connectivity index (χ4v) is 6.89. The van der Waals surface area contributed by atoms with Crippen molar-refractivity contribution in [1.29, 1.82) is 0 Å². The molecule has 0 saturated heterocycles. The minimum Gasteiger partial charge on any atom is -0.502 e. The Balaban J connectivity index is 1.51. The van der Waals surface area contributed by atoms with E-state index in [0.717, 1.165) is 75.6 Å². The number of nitrogens with one attached hydrogen (secondary N) is 4. The summed E-state index contributed by atoms with van der Waals surface area (Å²) in [6.07, 6.45) is 0.608. The number of aliphatic hydroxyl groups is 1. The molecule has 242 valence electrons. The summed E-state index contributed by atoms with van der Waals surface area (Å²) in [4.78, 5) is 0. The molecule has 6 rings (SSSR count). The van der Waals surface area contributed by atoms with Gasteiger partial charge in [-0.05, 0) is 62.3 Å². The summed E-state index contributed by atoms with van der Waals surface area (Å²) in [6.45, 7) is 5.42. The number of rotatable bonds is 13. The molecule has 3 aliphatic rings. The molecule has 3 atom stereocenters. The number of benzene rings is 3. The molecule has 0 bridgehead atoms. The highest BCUT2D eigenvalue weighted by molar-refractivity contribution is 5.94. The smallest absolute Gasteiger partial charge is 0.200 e. The van der Waals surface area contributed by atoms with Crippen molar-refractivity contribution in [3.8, 4) is 45.6 Å². The van der Waals surface area contributed by atoms with Gasteiger partial charge >= 0.3 is 0 Å². The van der Waals surface area contributed by atoms with Crippen LogP contribution in [0.2, 0.25) is 0 Å². The predicted octanol–water partition coefficient (Wildman–Crippen LogP) is 3.61. The number of methoxy groups -OCH3 is 2. The number of phenols is 1. The molecule has 0 spiro atoms. The molecule has 11 heteroatoms. The number of hydrogen-bond acceptors (Lipinski definition) is 11. The van der Waals surface area contributed by atoms with Crippen molar-refractivity contribution in [2.24, 2.45) is 0 Å². The highest BCUT2D eigenvalue weighted by Crippen LogP contribution is 2.57. The molecule has 0 saturated carbocycles. The third-order valence-electron chi connectivity index (χ3n) is 9.01. The number of likely N-dealkylation sites (N-methyl/N-ethyl adjacent to an activating group) is 2. The van der Waals surface area contributed by atoms with Gasteiger partial charge in [0.2, 0.25) is 5.75 Å². The van der Waals surface area contributed by atoms with E-state index in [9.17, 15) is 10.2 Å². The first-order valence-corrected chi connectivity index (χ1v) is 15.6. The molecule has 45 heavy (non-hydrogen) atoms. The third-order valence-corrected chi connectivity index (χ3v) is 9.01. The van der Waals surface area contributed by atoms with Crippen LogP contribution in [0.25, 0.3) is 11.1 Å². The van der Waals surface area contributed by atoms with Crippen LogP contribution in [0.1, 0.15) is 52.8 Å². The van der Waals surface area contributed by atoms with E-state index in [0.29, 0.717) is 32.1 Å². The van der Waals surface area contributed by atoms with Gasteiger partial charge in [0, 0.05) is 59.1 Å². The second-order valence-electron chi connectivity index (χ2n) is 11.6. The Hall–Kier alpha value is -3.90. The number of ether oxygens (including phenoxy) is 5. The zero-order valence-electron chi connectivity index (χ0n) is 26.6. The van der Waals surface area contributed by atoms with Crippen molar-refractivity contribution in [2.75, 3.05) is 73.2 Å². The number of fused-ring (bicyclic) bond motifs is 2. The fourth-order valence-electron chi connectivity index (χ4n) is 6.89. The van der Waals surface area contributed by atoms with Crippen LogP contribution < -0.4 is 45.0 Å². The zero-order valence-corrected chi connectivity index (χ0v) is 26.6.